The van der Waals surface area contributed by atoms with E-state index >= 15 is 0 Å². The van der Waals surface area contributed by atoms with Crippen LogP contribution in [0.2, 0.25) is 0 Å². The molecule has 1 amide bonds. The Hall–Kier alpha value is -1.64. The van der Waals surface area contributed by atoms with Crippen molar-refractivity contribution < 1.29 is 13.2 Å². The normalized spacial score (nSPS) is 12.0. The third-order valence-electron chi connectivity index (χ3n) is 2.40. The van der Waals surface area contributed by atoms with Gasteiger partial charge in [-0.2, -0.15) is 17.4 Å². The average Bonchev–Trinajstić information content (AvgIpc) is 2.29. The molecule has 0 aromatic heterocycles. The van der Waals surface area contributed by atoms with Crippen molar-refractivity contribution in [2.24, 2.45) is 5.73 Å². The van der Waals surface area contributed by atoms with Crippen LogP contribution in [-0.4, -0.2) is 31.2 Å². The van der Waals surface area contributed by atoms with Crippen molar-refractivity contribution in [3.05, 3.63) is 29.8 Å². The summed E-state index contributed by atoms with van der Waals surface area (Å²) < 4.78 is 27.7. The fourth-order valence-electron chi connectivity index (χ4n) is 1.60. The van der Waals surface area contributed by atoms with Crippen LogP contribution in [-0.2, 0) is 21.5 Å². The van der Waals surface area contributed by atoms with Gasteiger partial charge in [0.2, 0.25) is 5.91 Å². The van der Waals surface area contributed by atoms with Gasteiger partial charge in [0.15, 0.2) is 0 Å². The van der Waals surface area contributed by atoms with Gasteiger partial charge in [-0.3, -0.25) is 4.79 Å². The van der Waals surface area contributed by atoms with Gasteiger partial charge in [-0.1, -0.05) is 12.1 Å². The van der Waals surface area contributed by atoms with Crippen LogP contribution < -0.4 is 16.2 Å². The van der Waals surface area contributed by atoms with Crippen LogP contribution in [0.4, 0.5) is 5.69 Å². The van der Waals surface area contributed by atoms with Crippen LogP contribution in [0, 0.1) is 0 Å². The summed E-state index contributed by atoms with van der Waals surface area (Å²) in [5.41, 5.74) is 12.0. The fraction of sp³-hybridized carbons (Fsp3) is 0.417. The van der Waals surface area contributed by atoms with Gasteiger partial charge >= 0.3 is 0 Å². The molecule has 7 nitrogen and oxygen atoms in total. The second kappa shape index (κ2) is 6.69. The number of anilines is 1. The van der Waals surface area contributed by atoms with E-state index < -0.39 is 16.1 Å². The highest BCUT2D eigenvalue weighted by Gasteiger charge is 2.24. The Morgan fingerprint density at radius 1 is 1.30 bits per heavy atom. The molecule has 0 unspecified atom stereocenters. The van der Waals surface area contributed by atoms with E-state index in [-0.39, 0.29) is 19.1 Å². The van der Waals surface area contributed by atoms with Crippen molar-refractivity contribution in [2.75, 3.05) is 12.3 Å². The van der Waals surface area contributed by atoms with Gasteiger partial charge in [-0.05, 0) is 31.5 Å². The maximum Gasteiger partial charge on any atom is 0.280 e. The molecule has 0 bridgehead atoms. The first-order chi connectivity index (χ1) is 9.20. The van der Waals surface area contributed by atoms with Crippen LogP contribution >= 0.6 is 0 Å². The highest BCUT2D eigenvalue weighted by atomic mass is 32.2. The summed E-state index contributed by atoms with van der Waals surface area (Å²) in [7, 11) is -3.77. The van der Waals surface area contributed by atoms with Crippen molar-refractivity contribution in [3.8, 4) is 0 Å². The Morgan fingerprint density at radius 2 is 1.85 bits per heavy atom. The number of amides is 1. The second-order valence-corrected chi connectivity index (χ2v) is 6.46. The summed E-state index contributed by atoms with van der Waals surface area (Å²) in [6.07, 6.45) is 0. The molecule has 0 heterocycles. The molecule has 1 rings (SSSR count). The number of hydrogen-bond acceptors (Lipinski definition) is 4. The van der Waals surface area contributed by atoms with E-state index in [1.165, 1.54) is 0 Å². The number of nitrogens with two attached hydrogens (primary N) is 2. The highest BCUT2D eigenvalue weighted by Crippen LogP contribution is 2.11. The lowest BCUT2D eigenvalue weighted by atomic mass is 10.2. The third-order valence-corrected chi connectivity index (χ3v) is 4.10. The fourth-order valence-corrected chi connectivity index (χ4v) is 2.96. The summed E-state index contributed by atoms with van der Waals surface area (Å²) >= 11 is 0. The summed E-state index contributed by atoms with van der Waals surface area (Å²) in [6.45, 7) is 3.06. The Bertz CT molecular complexity index is 555. The maximum atomic E-state index is 12.1. The van der Waals surface area contributed by atoms with Gasteiger partial charge in [-0.25, -0.2) is 0 Å². The van der Waals surface area contributed by atoms with Gasteiger partial charge < -0.3 is 11.5 Å². The number of carbonyl (C=O) groups is 1. The summed E-state index contributed by atoms with van der Waals surface area (Å²) in [5.74, 6) is -0.713. The van der Waals surface area contributed by atoms with Gasteiger partial charge in [0.1, 0.15) is 0 Å². The van der Waals surface area contributed by atoms with Crippen molar-refractivity contribution in [2.45, 2.75) is 26.4 Å². The van der Waals surface area contributed by atoms with Crippen molar-refractivity contribution in [1.29, 1.82) is 0 Å². The molecular formula is C12H20N4O3S. The van der Waals surface area contributed by atoms with E-state index in [0.29, 0.717) is 5.69 Å². The Balaban J connectivity index is 2.95. The molecule has 0 fully saturated rings. The number of nitrogens with zero attached hydrogens (tertiary/aromatic N) is 1. The van der Waals surface area contributed by atoms with Gasteiger partial charge in [-0.15, -0.1) is 0 Å². The van der Waals surface area contributed by atoms with E-state index in [9.17, 15) is 13.2 Å². The summed E-state index contributed by atoms with van der Waals surface area (Å²) in [4.78, 5) is 11.1. The summed E-state index contributed by atoms with van der Waals surface area (Å²) in [5, 5.41) is 0. The molecule has 112 valence electrons. The molecule has 0 aliphatic heterocycles. The minimum Gasteiger partial charge on any atom is -0.399 e. The molecule has 1 aromatic carbocycles. The SMILES string of the molecule is CC(C)NS(=O)(=O)N(CC(N)=O)Cc1ccc(N)cc1. The molecule has 0 aliphatic carbocycles. The van der Waals surface area contributed by atoms with E-state index in [4.69, 9.17) is 11.5 Å². The zero-order valence-electron chi connectivity index (χ0n) is 11.5. The van der Waals surface area contributed by atoms with E-state index in [1.807, 2.05) is 0 Å². The second-order valence-electron chi connectivity index (χ2n) is 4.75. The van der Waals surface area contributed by atoms with Crippen LogP contribution in [0.25, 0.3) is 0 Å². The highest BCUT2D eigenvalue weighted by molar-refractivity contribution is 7.87. The number of nitrogen functional groups attached to an aromatic ring is 1. The van der Waals surface area contributed by atoms with Crippen LogP contribution in [0.5, 0.6) is 0 Å². The molecule has 0 saturated heterocycles. The molecule has 0 atom stereocenters. The zero-order chi connectivity index (χ0) is 15.3. The van der Waals surface area contributed by atoms with Gasteiger partial charge in [0, 0.05) is 18.3 Å². The number of primary amides is 1. The molecule has 5 N–H and O–H groups in total. The topological polar surface area (TPSA) is 119 Å². The van der Waals surface area contributed by atoms with E-state index in [0.717, 1.165) is 9.87 Å². The van der Waals surface area contributed by atoms with Gasteiger partial charge in [0.05, 0.1) is 6.54 Å². The van der Waals surface area contributed by atoms with Crippen molar-refractivity contribution in [3.63, 3.8) is 0 Å². The smallest absolute Gasteiger partial charge is 0.280 e. The number of rotatable bonds is 7. The Morgan fingerprint density at radius 3 is 2.30 bits per heavy atom. The molecule has 8 heteroatoms. The molecule has 0 spiro atoms. The molecule has 0 saturated carbocycles. The lowest BCUT2D eigenvalue weighted by Crippen LogP contribution is -2.46. The van der Waals surface area contributed by atoms with Crippen LogP contribution in [0.1, 0.15) is 19.4 Å². The lowest BCUT2D eigenvalue weighted by Gasteiger charge is -2.22. The van der Waals surface area contributed by atoms with Crippen molar-refractivity contribution in [1.82, 2.24) is 9.03 Å². The first-order valence-corrected chi connectivity index (χ1v) is 7.55. The lowest BCUT2D eigenvalue weighted by molar-refractivity contribution is -0.118. The first-order valence-electron chi connectivity index (χ1n) is 6.11. The number of nitrogens with one attached hydrogen (secondary N) is 1. The molecule has 0 aliphatic rings. The third kappa shape index (κ3) is 5.16. The predicted molar refractivity (Wildman–Crippen MR) is 77.7 cm³/mol. The molecule has 0 radical (unpaired) electrons. The van der Waals surface area contributed by atoms with Crippen molar-refractivity contribution >= 4 is 21.8 Å². The van der Waals surface area contributed by atoms with Crippen LogP contribution in [0.15, 0.2) is 24.3 Å². The van der Waals surface area contributed by atoms with Crippen LogP contribution in [0.3, 0.4) is 0 Å². The zero-order valence-corrected chi connectivity index (χ0v) is 12.4. The van der Waals surface area contributed by atoms with E-state index in [1.54, 1.807) is 38.1 Å². The largest absolute Gasteiger partial charge is 0.399 e. The monoisotopic (exact) mass is 300 g/mol. The summed E-state index contributed by atoms with van der Waals surface area (Å²) in [6, 6.07) is 6.46. The number of benzene rings is 1. The molecule has 20 heavy (non-hydrogen) atoms. The minimum atomic E-state index is -3.77. The quantitative estimate of drug-likeness (QED) is 0.604. The Kier molecular flexibility index (Phi) is 5.49. The molecule has 1 aromatic rings. The first kappa shape index (κ1) is 16.4. The number of hydrogen-bond donors (Lipinski definition) is 3. The Labute approximate surface area is 119 Å². The maximum absolute atomic E-state index is 12.1. The number of carbonyl (C=O) groups excluding carboxylic acids is 1. The van der Waals surface area contributed by atoms with Gasteiger partial charge in [0.25, 0.3) is 10.2 Å². The molecular weight excluding hydrogens is 280 g/mol. The average molecular weight is 300 g/mol. The predicted octanol–water partition coefficient (Wildman–Crippen LogP) is -0.201. The van der Waals surface area contributed by atoms with E-state index in [2.05, 4.69) is 4.72 Å². The standard InChI is InChI=1S/C12H20N4O3S/c1-9(2)15-20(18,19)16(8-12(14)17)7-10-3-5-11(13)6-4-10/h3-6,9,15H,7-8,13H2,1-2H3,(H2,14,17). The minimum absolute atomic E-state index is 0.0469.